The maximum absolute atomic E-state index is 12.0. The van der Waals surface area contributed by atoms with Crippen molar-refractivity contribution in [3.8, 4) is 0 Å². The highest BCUT2D eigenvalue weighted by Crippen LogP contribution is 2.08. The Morgan fingerprint density at radius 1 is 1.33 bits per heavy atom. The number of nitrogens with zero attached hydrogens (tertiary/aromatic N) is 1. The fourth-order valence-electron chi connectivity index (χ4n) is 1.79. The third kappa shape index (κ3) is 2.59. The second kappa shape index (κ2) is 5.04. The first-order chi connectivity index (χ1) is 8.58. The van der Waals surface area contributed by atoms with E-state index >= 15 is 0 Å². The number of hydrogen-bond acceptors (Lipinski definition) is 3. The molecule has 1 aromatic carbocycles. The third-order valence-corrected chi connectivity index (χ3v) is 2.95. The van der Waals surface area contributed by atoms with Crippen LogP contribution in [0.5, 0.6) is 0 Å². The number of piperazine rings is 1. The molecule has 2 rings (SSSR count). The zero-order chi connectivity index (χ0) is 13.1. The summed E-state index contributed by atoms with van der Waals surface area (Å²) < 4.78 is 0. The van der Waals surface area contributed by atoms with E-state index in [-0.39, 0.29) is 11.7 Å². The topological polar surface area (TPSA) is 49.4 Å². The lowest BCUT2D eigenvalue weighted by Gasteiger charge is -2.25. The van der Waals surface area contributed by atoms with Crippen LogP contribution in [0.3, 0.4) is 0 Å². The summed E-state index contributed by atoms with van der Waals surface area (Å²) in [6.45, 7) is 3.30. The Hall–Kier alpha value is -2.10. The molecule has 94 valence electrons. The first-order valence-corrected chi connectivity index (χ1v) is 5.90. The Morgan fingerprint density at radius 3 is 2.67 bits per heavy atom. The van der Waals surface area contributed by atoms with Gasteiger partial charge in [0.15, 0.2) is 5.78 Å². The SMILES string of the molecule is Cc1ccc(C(=O)C=C2NCCN(C)C2=O)cc1. The van der Waals surface area contributed by atoms with E-state index in [4.69, 9.17) is 0 Å². The molecule has 1 amide bonds. The van der Waals surface area contributed by atoms with Gasteiger partial charge in [0.2, 0.25) is 0 Å². The molecule has 0 aliphatic carbocycles. The minimum absolute atomic E-state index is 0.137. The van der Waals surface area contributed by atoms with Crippen molar-refractivity contribution < 1.29 is 9.59 Å². The monoisotopic (exact) mass is 244 g/mol. The summed E-state index contributed by atoms with van der Waals surface area (Å²) in [5.41, 5.74) is 2.07. The molecule has 0 spiro atoms. The van der Waals surface area contributed by atoms with Gasteiger partial charge in [0.25, 0.3) is 5.91 Å². The first kappa shape index (κ1) is 12.4. The van der Waals surface area contributed by atoms with Crippen LogP contribution in [0.15, 0.2) is 36.0 Å². The highest BCUT2D eigenvalue weighted by Gasteiger charge is 2.20. The molecule has 0 aromatic heterocycles. The molecule has 0 unspecified atom stereocenters. The summed E-state index contributed by atoms with van der Waals surface area (Å²) in [6.07, 6.45) is 1.38. The predicted molar refractivity (Wildman–Crippen MR) is 69.2 cm³/mol. The molecule has 4 heteroatoms. The van der Waals surface area contributed by atoms with E-state index in [2.05, 4.69) is 5.32 Å². The van der Waals surface area contributed by atoms with Crippen LogP contribution in [-0.4, -0.2) is 36.7 Å². The van der Waals surface area contributed by atoms with Crippen LogP contribution < -0.4 is 5.32 Å². The van der Waals surface area contributed by atoms with Crippen LogP contribution in [0.25, 0.3) is 0 Å². The summed E-state index contributed by atoms with van der Waals surface area (Å²) in [6, 6.07) is 7.31. The summed E-state index contributed by atoms with van der Waals surface area (Å²) in [5, 5.41) is 2.96. The van der Waals surface area contributed by atoms with E-state index in [1.165, 1.54) is 6.08 Å². The zero-order valence-electron chi connectivity index (χ0n) is 10.6. The molecule has 1 N–H and O–H groups in total. The Kier molecular flexibility index (Phi) is 3.46. The third-order valence-electron chi connectivity index (χ3n) is 2.95. The van der Waals surface area contributed by atoms with E-state index in [9.17, 15) is 9.59 Å². The molecule has 4 nitrogen and oxygen atoms in total. The van der Waals surface area contributed by atoms with Crippen molar-refractivity contribution in [2.75, 3.05) is 20.1 Å². The number of hydrogen-bond donors (Lipinski definition) is 1. The van der Waals surface area contributed by atoms with E-state index in [0.29, 0.717) is 24.4 Å². The molecule has 1 aliphatic heterocycles. The van der Waals surface area contributed by atoms with Gasteiger partial charge in [-0.2, -0.15) is 0 Å². The molecule has 1 aliphatic rings. The summed E-state index contributed by atoms with van der Waals surface area (Å²) in [4.78, 5) is 25.4. The number of carbonyl (C=O) groups is 2. The molecule has 18 heavy (non-hydrogen) atoms. The van der Waals surface area contributed by atoms with Gasteiger partial charge < -0.3 is 10.2 Å². The summed E-state index contributed by atoms with van der Waals surface area (Å²) >= 11 is 0. The first-order valence-electron chi connectivity index (χ1n) is 5.90. The van der Waals surface area contributed by atoms with Gasteiger partial charge in [-0.15, -0.1) is 0 Å². The molecule has 0 atom stereocenters. The highest BCUT2D eigenvalue weighted by atomic mass is 16.2. The van der Waals surface area contributed by atoms with Gasteiger partial charge in [-0.3, -0.25) is 9.59 Å². The van der Waals surface area contributed by atoms with E-state index in [1.807, 2.05) is 19.1 Å². The summed E-state index contributed by atoms with van der Waals surface area (Å²) in [5.74, 6) is -0.289. The Morgan fingerprint density at radius 2 is 2.00 bits per heavy atom. The molecule has 0 radical (unpaired) electrons. The van der Waals surface area contributed by atoms with Gasteiger partial charge in [0.05, 0.1) is 0 Å². The van der Waals surface area contributed by atoms with E-state index in [0.717, 1.165) is 5.56 Å². The molecule has 1 fully saturated rings. The number of ketones is 1. The van der Waals surface area contributed by atoms with Gasteiger partial charge in [0.1, 0.15) is 5.70 Å². The number of amides is 1. The second-order valence-electron chi connectivity index (χ2n) is 4.44. The quantitative estimate of drug-likeness (QED) is 0.626. The number of aryl methyl sites for hydroxylation is 1. The van der Waals surface area contributed by atoms with Gasteiger partial charge >= 0.3 is 0 Å². The van der Waals surface area contributed by atoms with E-state index < -0.39 is 0 Å². The minimum atomic E-state index is -0.152. The Bertz CT molecular complexity index is 503. The van der Waals surface area contributed by atoms with Crippen molar-refractivity contribution in [2.45, 2.75) is 6.92 Å². The van der Waals surface area contributed by atoms with E-state index in [1.54, 1.807) is 24.1 Å². The van der Waals surface area contributed by atoms with Crippen molar-refractivity contribution in [3.63, 3.8) is 0 Å². The molecule has 0 bridgehead atoms. The smallest absolute Gasteiger partial charge is 0.269 e. The molecule has 1 heterocycles. The number of allylic oxidation sites excluding steroid dienone is 1. The molecular formula is C14H16N2O2. The highest BCUT2D eigenvalue weighted by molar-refractivity contribution is 6.09. The normalized spacial score (nSPS) is 17.8. The van der Waals surface area contributed by atoms with Crippen molar-refractivity contribution in [2.24, 2.45) is 0 Å². The van der Waals surface area contributed by atoms with Crippen molar-refractivity contribution in [1.82, 2.24) is 10.2 Å². The zero-order valence-corrected chi connectivity index (χ0v) is 10.6. The predicted octanol–water partition coefficient (Wildman–Crippen LogP) is 1.12. The lowest BCUT2D eigenvalue weighted by molar-refractivity contribution is -0.127. The van der Waals surface area contributed by atoms with Gasteiger partial charge in [0, 0.05) is 31.8 Å². The number of nitrogens with one attached hydrogen (secondary N) is 1. The standard InChI is InChI=1S/C14H16N2O2/c1-10-3-5-11(6-4-10)13(17)9-12-14(18)16(2)8-7-15-12/h3-6,9,15H,7-8H2,1-2H3. The largest absolute Gasteiger partial charge is 0.379 e. The van der Waals surface area contributed by atoms with Crippen LogP contribution in [0, 0.1) is 6.92 Å². The molecule has 0 saturated carbocycles. The summed E-state index contributed by atoms with van der Waals surface area (Å²) in [7, 11) is 1.73. The van der Waals surface area contributed by atoms with Crippen LogP contribution in [-0.2, 0) is 4.79 Å². The second-order valence-corrected chi connectivity index (χ2v) is 4.44. The van der Waals surface area contributed by atoms with Crippen molar-refractivity contribution in [1.29, 1.82) is 0 Å². The van der Waals surface area contributed by atoms with Crippen LogP contribution in [0.2, 0.25) is 0 Å². The maximum Gasteiger partial charge on any atom is 0.269 e. The maximum atomic E-state index is 12.0. The lowest BCUT2D eigenvalue weighted by Crippen LogP contribution is -2.44. The van der Waals surface area contributed by atoms with Crippen molar-refractivity contribution in [3.05, 3.63) is 47.2 Å². The number of carbonyl (C=O) groups excluding carboxylic acids is 2. The van der Waals surface area contributed by atoms with Gasteiger partial charge in [-0.25, -0.2) is 0 Å². The minimum Gasteiger partial charge on any atom is -0.379 e. The average molecular weight is 244 g/mol. The number of rotatable bonds is 2. The molecule has 1 saturated heterocycles. The molecular weight excluding hydrogens is 228 g/mol. The Balaban J connectivity index is 2.19. The average Bonchev–Trinajstić information content (AvgIpc) is 2.36. The van der Waals surface area contributed by atoms with Gasteiger partial charge in [-0.05, 0) is 6.92 Å². The fourth-order valence-corrected chi connectivity index (χ4v) is 1.79. The van der Waals surface area contributed by atoms with Gasteiger partial charge in [-0.1, -0.05) is 29.8 Å². The molecule has 1 aromatic rings. The lowest BCUT2D eigenvalue weighted by atomic mass is 10.1. The Labute approximate surface area is 106 Å². The van der Waals surface area contributed by atoms with Crippen LogP contribution in [0.4, 0.5) is 0 Å². The number of likely N-dealkylation sites (N-methyl/N-ethyl adjacent to an activating group) is 1. The number of benzene rings is 1. The van der Waals surface area contributed by atoms with Crippen LogP contribution >= 0.6 is 0 Å². The fraction of sp³-hybridized carbons (Fsp3) is 0.286. The van der Waals surface area contributed by atoms with Crippen molar-refractivity contribution >= 4 is 11.7 Å². The van der Waals surface area contributed by atoms with Crippen LogP contribution in [0.1, 0.15) is 15.9 Å².